The van der Waals surface area contributed by atoms with Crippen molar-refractivity contribution in [1.29, 1.82) is 0 Å². The highest BCUT2D eigenvalue weighted by molar-refractivity contribution is 6.33. The van der Waals surface area contributed by atoms with Gasteiger partial charge in [0.1, 0.15) is 11.4 Å². The van der Waals surface area contributed by atoms with E-state index in [2.05, 4.69) is 10.6 Å². The van der Waals surface area contributed by atoms with E-state index in [1.54, 1.807) is 12.1 Å². The van der Waals surface area contributed by atoms with Crippen LogP contribution >= 0.6 is 11.6 Å². The van der Waals surface area contributed by atoms with Crippen LogP contribution in [0.3, 0.4) is 0 Å². The highest BCUT2D eigenvalue weighted by atomic mass is 35.5. The molecule has 3 N–H and O–H groups in total. The Hall–Kier alpha value is -2.58. The molecule has 9 heteroatoms. The molecule has 1 unspecified atom stereocenters. The lowest BCUT2D eigenvalue weighted by molar-refractivity contribution is -0.384. The Morgan fingerprint density at radius 1 is 1.48 bits per heavy atom. The molecule has 0 aliphatic heterocycles. The van der Waals surface area contributed by atoms with Crippen LogP contribution in [0.5, 0.6) is 0 Å². The predicted octanol–water partition coefficient (Wildman–Crippen LogP) is 2.87. The Morgan fingerprint density at radius 2 is 2.22 bits per heavy atom. The fourth-order valence-electron chi connectivity index (χ4n) is 1.81. The van der Waals surface area contributed by atoms with Crippen molar-refractivity contribution in [2.24, 2.45) is 0 Å². The minimum absolute atomic E-state index is 0.0344. The number of nitro groups is 1. The van der Waals surface area contributed by atoms with E-state index in [4.69, 9.17) is 16.0 Å². The van der Waals surface area contributed by atoms with Crippen LogP contribution in [0.2, 0.25) is 5.02 Å². The topological polar surface area (TPSA) is 118 Å². The molecule has 1 aromatic carbocycles. The molecule has 0 aliphatic rings. The molecule has 0 radical (unpaired) electrons. The van der Waals surface area contributed by atoms with Gasteiger partial charge in [-0.15, -0.1) is 0 Å². The fraction of sp³-hybridized carbons (Fsp3) is 0.214. The molecule has 1 atom stereocenters. The second-order valence-electron chi connectivity index (χ2n) is 4.98. The van der Waals surface area contributed by atoms with Crippen molar-refractivity contribution in [2.45, 2.75) is 12.5 Å². The summed E-state index contributed by atoms with van der Waals surface area (Å²) in [7, 11) is 0. The summed E-state index contributed by atoms with van der Waals surface area (Å²) < 4.78 is 5.10. The third-order valence-electron chi connectivity index (χ3n) is 3.06. The molecule has 1 aromatic heterocycles. The molecule has 0 saturated carbocycles. The number of nitro benzene ring substituents is 1. The van der Waals surface area contributed by atoms with Crippen LogP contribution in [0.1, 0.15) is 12.7 Å². The van der Waals surface area contributed by atoms with Gasteiger partial charge in [-0.2, -0.15) is 0 Å². The Bertz CT molecular complexity index is 715. The van der Waals surface area contributed by atoms with E-state index in [0.29, 0.717) is 5.76 Å². The van der Waals surface area contributed by atoms with E-state index < -0.39 is 16.6 Å². The molecule has 1 heterocycles. The molecule has 0 aliphatic carbocycles. The lowest BCUT2D eigenvalue weighted by Crippen LogP contribution is -2.40. The lowest BCUT2D eigenvalue weighted by atomic mass is 10.0. The summed E-state index contributed by atoms with van der Waals surface area (Å²) in [4.78, 5) is 21.9. The van der Waals surface area contributed by atoms with Gasteiger partial charge in [0.05, 0.1) is 28.4 Å². The number of urea groups is 1. The van der Waals surface area contributed by atoms with E-state index in [0.717, 1.165) is 6.07 Å². The third kappa shape index (κ3) is 4.21. The standard InChI is InChI=1S/C14H14ClN3O5/c1-14(20,12-3-2-6-23-12)8-16-13(19)17-11-5-4-9(18(21)22)7-10(11)15/h2-7,20H,8H2,1H3,(H2,16,17,19). The normalized spacial score (nSPS) is 13.2. The fourth-order valence-corrected chi connectivity index (χ4v) is 2.03. The van der Waals surface area contributed by atoms with E-state index in [1.165, 1.54) is 25.3 Å². The molecule has 8 nitrogen and oxygen atoms in total. The van der Waals surface area contributed by atoms with Gasteiger partial charge in [-0.3, -0.25) is 10.1 Å². The smallest absolute Gasteiger partial charge is 0.319 e. The first-order chi connectivity index (χ1) is 10.8. The van der Waals surface area contributed by atoms with E-state index >= 15 is 0 Å². The van der Waals surface area contributed by atoms with Crippen LogP contribution in [0.4, 0.5) is 16.2 Å². The zero-order valence-electron chi connectivity index (χ0n) is 12.1. The second-order valence-corrected chi connectivity index (χ2v) is 5.39. The number of furan rings is 1. The Balaban J connectivity index is 1.96. The Kier molecular flexibility index (Phi) is 4.87. The van der Waals surface area contributed by atoms with Crippen LogP contribution in [0.15, 0.2) is 41.0 Å². The average molecular weight is 340 g/mol. The minimum atomic E-state index is -1.37. The SMILES string of the molecule is CC(O)(CNC(=O)Nc1ccc([N+](=O)[O-])cc1Cl)c1ccco1. The molecule has 0 bridgehead atoms. The quantitative estimate of drug-likeness (QED) is 0.572. The molecule has 23 heavy (non-hydrogen) atoms. The zero-order chi connectivity index (χ0) is 17.0. The first kappa shape index (κ1) is 16.8. The van der Waals surface area contributed by atoms with Crippen LogP contribution < -0.4 is 10.6 Å². The number of halogens is 1. The molecular formula is C14H14ClN3O5. The maximum atomic E-state index is 11.8. The molecule has 0 fully saturated rings. The molecule has 2 rings (SSSR count). The largest absolute Gasteiger partial charge is 0.466 e. The van der Waals surface area contributed by atoms with Crippen LogP contribution in [-0.4, -0.2) is 22.6 Å². The first-order valence-corrected chi connectivity index (χ1v) is 6.92. The van der Waals surface area contributed by atoms with Crippen molar-refractivity contribution >= 4 is 29.0 Å². The highest BCUT2D eigenvalue weighted by Gasteiger charge is 2.26. The number of anilines is 1. The van der Waals surface area contributed by atoms with Crippen molar-refractivity contribution in [3.8, 4) is 0 Å². The van der Waals surface area contributed by atoms with Crippen LogP contribution in [-0.2, 0) is 5.60 Å². The maximum absolute atomic E-state index is 11.8. The summed E-state index contributed by atoms with van der Waals surface area (Å²) in [6.07, 6.45) is 1.42. The van der Waals surface area contributed by atoms with E-state index in [-0.39, 0.29) is 22.9 Å². The molecule has 122 valence electrons. The summed E-state index contributed by atoms with van der Waals surface area (Å²) in [6, 6.07) is 6.28. The van der Waals surface area contributed by atoms with Crippen LogP contribution in [0.25, 0.3) is 0 Å². The predicted molar refractivity (Wildman–Crippen MR) is 83.4 cm³/mol. The van der Waals surface area contributed by atoms with Crippen molar-refractivity contribution in [1.82, 2.24) is 5.32 Å². The average Bonchev–Trinajstić information content (AvgIpc) is 3.02. The Morgan fingerprint density at radius 3 is 2.78 bits per heavy atom. The van der Waals surface area contributed by atoms with Crippen LogP contribution in [0, 0.1) is 10.1 Å². The second kappa shape index (κ2) is 6.67. The number of carbonyl (C=O) groups excluding carboxylic acids is 1. The summed E-state index contributed by atoms with van der Waals surface area (Å²) in [5.74, 6) is 0.311. The Labute approximate surface area is 136 Å². The van der Waals surface area contributed by atoms with Gasteiger partial charge in [0, 0.05) is 12.1 Å². The summed E-state index contributed by atoms with van der Waals surface area (Å²) in [5.41, 5.74) is -1.34. The monoisotopic (exact) mass is 339 g/mol. The van der Waals surface area contributed by atoms with Crippen molar-refractivity contribution in [2.75, 3.05) is 11.9 Å². The van der Waals surface area contributed by atoms with Gasteiger partial charge >= 0.3 is 6.03 Å². The number of nitrogens with zero attached hydrogens (tertiary/aromatic N) is 1. The molecular weight excluding hydrogens is 326 g/mol. The van der Waals surface area contributed by atoms with E-state index in [1.807, 2.05) is 0 Å². The van der Waals surface area contributed by atoms with Gasteiger partial charge in [-0.05, 0) is 25.1 Å². The molecule has 0 spiro atoms. The third-order valence-corrected chi connectivity index (χ3v) is 3.37. The van der Waals surface area contributed by atoms with Crippen molar-refractivity contribution in [3.63, 3.8) is 0 Å². The van der Waals surface area contributed by atoms with Gasteiger partial charge in [0.15, 0.2) is 0 Å². The number of nitrogens with one attached hydrogen (secondary N) is 2. The number of rotatable bonds is 5. The van der Waals surface area contributed by atoms with E-state index in [9.17, 15) is 20.0 Å². The number of hydrogen-bond donors (Lipinski definition) is 3. The summed E-state index contributed by atoms with van der Waals surface area (Å²) in [5, 5.41) is 25.8. The van der Waals surface area contributed by atoms with Crippen molar-refractivity contribution < 1.29 is 19.2 Å². The molecule has 2 aromatic rings. The maximum Gasteiger partial charge on any atom is 0.319 e. The number of aliphatic hydroxyl groups is 1. The molecule has 2 amide bonds. The number of amides is 2. The summed E-state index contributed by atoms with van der Waals surface area (Å²) >= 11 is 5.88. The number of benzene rings is 1. The van der Waals surface area contributed by atoms with Gasteiger partial charge in [-0.25, -0.2) is 4.79 Å². The van der Waals surface area contributed by atoms with Gasteiger partial charge in [0.2, 0.25) is 0 Å². The highest BCUT2D eigenvalue weighted by Crippen LogP contribution is 2.26. The minimum Gasteiger partial charge on any atom is -0.466 e. The van der Waals surface area contributed by atoms with Gasteiger partial charge in [0.25, 0.3) is 5.69 Å². The first-order valence-electron chi connectivity index (χ1n) is 6.55. The molecule has 0 saturated heterocycles. The summed E-state index contributed by atoms with van der Waals surface area (Å²) in [6.45, 7) is 1.39. The van der Waals surface area contributed by atoms with Crippen molar-refractivity contribution in [3.05, 3.63) is 57.5 Å². The lowest BCUT2D eigenvalue weighted by Gasteiger charge is -2.21. The van der Waals surface area contributed by atoms with Gasteiger partial charge in [-0.1, -0.05) is 11.6 Å². The number of carbonyl (C=O) groups is 1. The number of hydrogen-bond acceptors (Lipinski definition) is 5. The van der Waals surface area contributed by atoms with Gasteiger partial charge < -0.3 is 20.2 Å². The zero-order valence-corrected chi connectivity index (χ0v) is 12.8. The number of non-ortho nitro benzene ring substituents is 1.